The van der Waals surface area contributed by atoms with Gasteiger partial charge < -0.3 is 15.7 Å². The van der Waals surface area contributed by atoms with E-state index < -0.39 is 0 Å². The van der Waals surface area contributed by atoms with Gasteiger partial charge in [-0.1, -0.05) is 58.0 Å². The van der Waals surface area contributed by atoms with E-state index in [0.717, 1.165) is 28.0 Å². The van der Waals surface area contributed by atoms with E-state index in [-0.39, 0.29) is 24.5 Å². The Hall–Kier alpha value is -3.52. The number of benzene rings is 1. The molecule has 0 spiro atoms. The van der Waals surface area contributed by atoms with Crippen molar-refractivity contribution in [3.63, 3.8) is 0 Å². The second-order valence-corrected chi connectivity index (χ2v) is 8.80. The molecule has 0 saturated heterocycles. The highest BCUT2D eigenvalue weighted by Gasteiger charge is 2.18. The van der Waals surface area contributed by atoms with Crippen molar-refractivity contribution >= 4 is 17.5 Å². The molecule has 1 unspecified atom stereocenters. The number of hydrogen-bond donors (Lipinski definition) is 3. The van der Waals surface area contributed by atoms with Crippen LogP contribution in [0.1, 0.15) is 44.7 Å². The molecular formula is C25H31N7O. The molecule has 4 aromatic rings. The average Bonchev–Trinajstić information content (AvgIpc) is 3.26. The van der Waals surface area contributed by atoms with E-state index in [2.05, 4.69) is 77.7 Å². The second kappa shape index (κ2) is 9.95. The van der Waals surface area contributed by atoms with Crippen LogP contribution in [0.4, 0.5) is 11.9 Å². The molecule has 1 aromatic carbocycles. The van der Waals surface area contributed by atoms with Crippen molar-refractivity contribution < 1.29 is 5.11 Å². The van der Waals surface area contributed by atoms with Gasteiger partial charge in [0.1, 0.15) is 0 Å². The summed E-state index contributed by atoms with van der Waals surface area (Å²) in [6.07, 6.45) is 3.64. The maximum atomic E-state index is 9.74. The van der Waals surface area contributed by atoms with Crippen molar-refractivity contribution in [3.8, 4) is 11.3 Å². The van der Waals surface area contributed by atoms with Crippen LogP contribution in [-0.4, -0.2) is 42.3 Å². The predicted molar refractivity (Wildman–Crippen MR) is 131 cm³/mol. The highest BCUT2D eigenvalue weighted by molar-refractivity contribution is 5.59. The Labute approximate surface area is 194 Å². The molecule has 4 rings (SSSR count). The lowest BCUT2D eigenvalue weighted by atomic mass is 10.1. The van der Waals surface area contributed by atoms with Gasteiger partial charge in [-0.05, 0) is 29.5 Å². The molecule has 0 aliphatic heterocycles. The first-order valence-electron chi connectivity index (χ1n) is 11.3. The topological polar surface area (TPSA) is 100 Å². The van der Waals surface area contributed by atoms with Gasteiger partial charge in [0.2, 0.25) is 11.9 Å². The summed E-state index contributed by atoms with van der Waals surface area (Å²) in [5.41, 5.74) is 4.95. The Balaban J connectivity index is 1.59. The summed E-state index contributed by atoms with van der Waals surface area (Å²) >= 11 is 0. The molecule has 3 heterocycles. The normalized spacial score (nSPS) is 12.5. The molecule has 0 radical (unpaired) electrons. The molecule has 8 heteroatoms. The molecule has 0 aliphatic carbocycles. The molecular weight excluding hydrogens is 414 g/mol. The van der Waals surface area contributed by atoms with Crippen molar-refractivity contribution in [1.82, 2.24) is 24.6 Å². The van der Waals surface area contributed by atoms with Gasteiger partial charge in [0.25, 0.3) is 0 Å². The lowest BCUT2D eigenvalue weighted by Crippen LogP contribution is -2.30. The third kappa shape index (κ3) is 5.12. The summed E-state index contributed by atoms with van der Waals surface area (Å²) in [7, 11) is 0. The fourth-order valence-electron chi connectivity index (χ4n) is 3.58. The molecule has 1 atom stereocenters. The van der Waals surface area contributed by atoms with Crippen LogP contribution < -0.4 is 10.6 Å². The number of aromatic nitrogens is 5. The molecule has 3 aromatic heterocycles. The zero-order valence-electron chi connectivity index (χ0n) is 19.5. The molecule has 33 heavy (non-hydrogen) atoms. The minimum absolute atomic E-state index is 0.00783. The minimum atomic E-state index is -0.134. The standard InChI is InChI=1S/C25H31N7O/c1-16(2)20-14-28-32-23(20)30-24(29-22(15-33)17(3)4)31-25(32)27-13-18-8-10-19(11-9-18)21-7-5-6-12-26-21/h5-12,14,16-17,22,33H,13,15H2,1-4H3,(H2,27,29,30,31). The number of aliphatic hydroxyl groups is 1. The first-order chi connectivity index (χ1) is 16.0. The predicted octanol–water partition coefficient (Wildman–Crippen LogP) is 4.35. The Morgan fingerprint density at radius 3 is 2.42 bits per heavy atom. The largest absolute Gasteiger partial charge is 0.394 e. The number of aliphatic hydroxyl groups excluding tert-OH is 1. The van der Waals surface area contributed by atoms with E-state index in [1.165, 1.54) is 0 Å². The highest BCUT2D eigenvalue weighted by Crippen LogP contribution is 2.23. The maximum Gasteiger partial charge on any atom is 0.229 e. The average molecular weight is 446 g/mol. The van der Waals surface area contributed by atoms with Crippen LogP contribution in [0.15, 0.2) is 54.9 Å². The number of fused-ring (bicyclic) bond motifs is 1. The monoisotopic (exact) mass is 445 g/mol. The van der Waals surface area contributed by atoms with Crippen LogP contribution in [-0.2, 0) is 6.54 Å². The fraction of sp³-hybridized carbons (Fsp3) is 0.360. The number of rotatable bonds is 9. The van der Waals surface area contributed by atoms with Crippen molar-refractivity contribution in [1.29, 1.82) is 0 Å². The smallest absolute Gasteiger partial charge is 0.229 e. The van der Waals surface area contributed by atoms with E-state index in [4.69, 9.17) is 4.98 Å². The summed E-state index contributed by atoms with van der Waals surface area (Å²) in [6.45, 7) is 8.93. The molecule has 8 nitrogen and oxygen atoms in total. The number of nitrogens with one attached hydrogen (secondary N) is 2. The third-order valence-electron chi connectivity index (χ3n) is 5.70. The lowest BCUT2D eigenvalue weighted by Gasteiger charge is -2.20. The number of nitrogens with zero attached hydrogens (tertiary/aromatic N) is 5. The summed E-state index contributed by atoms with van der Waals surface area (Å²) in [4.78, 5) is 13.8. The Morgan fingerprint density at radius 2 is 1.79 bits per heavy atom. The molecule has 3 N–H and O–H groups in total. The van der Waals surface area contributed by atoms with Crippen molar-refractivity contribution in [3.05, 3.63) is 66.0 Å². The van der Waals surface area contributed by atoms with Gasteiger partial charge in [0.15, 0.2) is 5.65 Å². The summed E-state index contributed by atoms with van der Waals surface area (Å²) < 4.78 is 1.74. The summed E-state index contributed by atoms with van der Waals surface area (Å²) in [5, 5.41) is 21.0. The lowest BCUT2D eigenvalue weighted by molar-refractivity contribution is 0.248. The van der Waals surface area contributed by atoms with Crippen LogP contribution in [0.5, 0.6) is 0 Å². The fourth-order valence-corrected chi connectivity index (χ4v) is 3.58. The van der Waals surface area contributed by atoms with Gasteiger partial charge in [-0.15, -0.1) is 0 Å². The van der Waals surface area contributed by atoms with Gasteiger partial charge in [-0.2, -0.15) is 19.6 Å². The second-order valence-electron chi connectivity index (χ2n) is 8.80. The number of hydrogen-bond acceptors (Lipinski definition) is 7. The number of pyridine rings is 1. The molecule has 0 amide bonds. The zero-order chi connectivity index (χ0) is 23.4. The van der Waals surface area contributed by atoms with E-state index in [1.807, 2.05) is 24.4 Å². The molecule has 0 bridgehead atoms. The van der Waals surface area contributed by atoms with E-state index in [9.17, 15) is 5.11 Å². The first-order valence-corrected chi connectivity index (χ1v) is 11.3. The van der Waals surface area contributed by atoms with Crippen molar-refractivity contribution in [2.45, 2.75) is 46.2 Å². The number of anilines is 2. The minimum Gasteiger partial charge on any atom is -0.394 e. The SMILES string of the molecule is CC(C)c1cnn2c(NCc3ccc(-c4ccccn4)cc3)nc(NC(CO)C(C)C)nc12. The van der Waals surface area contributed by atoms with E-state index >= 15 is 0 Å². The molecule has 172 valence electrons. The Bertz CT molecular complexity index is 1190. The maximum absolute atomic E-state index is 9.74. The summed E-state index contributed by atoms with van der Waals surface area (Å²) in [6, 6.07) is 14.1. The molecule has 0 fully saturated rings. The highest BCUT2D eigenvalue weighted by atomic mass is 16.3. The van der Waals surface area contributed by atoms with Crippen LogP contribution in [0.3, 0.4) is 0 Å². The first kappa shape index (κ1) is 22.7. The molecule has 0 saturated carbocycles. The quantitative estimate of drug-likeness (QED) is 0.352. The van der Waals surface area contributed by atoms with Gasteiger partial charge >= 0.3 is 0 Å². The van der Waals surface area contributed by atoms with Crippen LogP contribution in [0, 0.1) is 5.92 Å². The van der Waals surface area contributed by atoms with Gasteiger partial charge in [0.05, 0.1) is 24.5 Å². The Morgan fingerprint density at radius 1 is 1.00 bits per heavy atom. The van der Waals surface area contributed by atoms with Crippen molar-refractivity contribution in [2.75, 3.05) is 17.2 Å². The third-order valence-corrected chi connectivity index (χ3v) is 5.70. The Kier molecular flexibility index (Phi) is 6.84. The van der Waals surface area contributed by atoms with Crippen LogP contribution in [0.2, 0.25) is 0 Å². The van der Waals surface area contributed by atoms with E-state index in [0.29, 0.717) is 18.4 Å². The van der Waals surface area contributed by atoms with Crippen LogP contribution in [0.25, 0.3) is 16.9 Å². The van der Waals surface area contributed by atoms with E-state index in [1.54, 1.807) is 10.7 Å². The van der Waals surface area contributed by atoms with Gasteiger partial charge in [-0.25, -0.2) is 0 Å². The van der Waals surface area contributed by atoms with Gasteiger partial charge in [-0.3, -0.25) is 4.98 Å². The van der Waals surface area contributed by atoms with Gasteiger partial charge in [0, 0.05) is 23.9 Å². The van der Waals surface area contributed by atoms with Crippen LogP contribution >= 0.6 is 0 Å². The summed E-state index contributed by atoms with van der Waals surface area (Å²) in [5.74, 6) is 1.59. The van der Waals surface area contributed by atoms with Crippen molar-refractivity contribution in [2.24, 2.45) is 5.92 Å². The molecule has 0 aliphatic rings. The zero-order valence-corrected chi connectivity index (χ0v) is 19.5.